The normalized spacial score (nSPS) is 23.3. The first-order chi connectivity index (χ1) is 5.79. The van der Waals surface area contributed by atoms with E-state index in [0.29, 0.717) is 6.04 Å². The summed E-state index contributed by atoms with van der Waals surface area (Å²) in [6.07, 6.45) is 2.47. The quantitative estimate of drug-likeness (QED) is 0.690. The molecule has 0 aromatic carbocycles. The summed E-state index contributed by atoms with van der Waals surface area (Å²) in [5.74, 6) is 0.965. The van der Waals surface area contributed by atoms with Gasteiger partial charge in [-0.2, -0.15) is 0 Å². The van der Waals surface area contributed by atoms with E-state index < -0.39 is 0 Å². The minimum absolute atomic E-state index is 0.483. The zero-order valence-electron chi connectivity index (χ0n) is 7.55. The Morgan fingerprint density at radius 1 is 1.50 bits per heavy atom. The van der Waals surface area contributed by atoms with Crippen molar-refractivity contribution in [2.75, 3.05) is 6.54 Å². The van der Waals surface area contributed by atoms with Crippen molar-refractivity contribution in [1.29, 1.82) is 0 Å². The van der Waals surface area contributed by atoms with Crippen molar-refractivity contribution >= 4 is 0 Å². The molecule has 0 saturated carbocycles. The first-order valence-corrected chi connectivity index (χ1v) is 4.45. The van der Waals surface area contributed by atoms with Crippen molar-refractivity contribution in [3.05, 3.63) is 17.0 Å². The highest BCUT2D eigenvalue weighted by Crippen LogP contribution is 2.27. The predicted molar refractivity (Wildman–Crippen MR) is 46.0 cm³/mol. The molecule has 0 aliphatic carbocycles. The summed E-state index contributed by atoms with van der Waals surface area (Å²) in [6.45, 7) is 5.11. The molecule has 1 saturated heterocycles. The third kappa shape index (κ3) is 1.14. The summed E-state index contributed by atoms with van der Waals surface area (Å²) in [4.78, 5) is 0. The van der Waals surface area contributed by atoms with Gasteiger partial charge in [-0.15, -0.1) is 0 Å². The molecule has 0 bridgehead atoms. The molecule has 2 rings (SSSR count). The van der Waals surface area contributed by atoms with E-state index in [9.17, 15) is 0 Å². The summed E-state index contributed by atoms with van der Waals surface area (Å²) >= 11 is 0. The molecule has 12 heavy (non-hydrogen) atoms. The molecule has 3 heteroatoms. The van der Waals surface area contributed by atoms with Crippen LogP contribution in [0.3, 0.4) is 0 Å². The molecule has 0 unspecified atom stereocenters. The van der Waals surface area contributed by atoms with Gasteiger partial charge in [-0.3, -0.25) is 0 Å². The lowest BCUT2D eigenvalue weighted by molar-refractivity contribution is 0.391. The van der Waals surface area contributed by atoms with Gasteiger partial charge in [0.2, 0.25) is 0 Å². The minimum atomic E-state index is 0.483. The van der Waals surface area contributed by atoms with E-state index >= 15 is 0 Å². The molecule has 1 atom stereocenters. The zero-order valence-corrected chi connectivity index (χ0v) is 7.55. The van der Waals surface area contributed by atoms with Crippen LogP contribution in [0.15, 0.2) is 4.52 Å². The SMILES string of the molecule is Cc1noc(C)c1[C@H]1CCCN1. The topological polar surface area (TPSA) is 38.1 Å². The van der Waals surface area contributed by atoms with Crippen molar-refractivity contribution in [1.82, 2.24) is 10.5 Å². The lowest BCUT2D eigenvalue weighted by Crippen LogP contribution is -2.13. The van der Waals surface area contributed by atoms with Crippen LogP contribution in [0.2, 0.25) is 0 Å². The molecule has 3 nitrogen and oxygen atoms in total. The number of nitrogens with one attached hydrogen (secondary N) is 1. The number of nitrogens with zero attached hydrogens (tertiary/aromatic N) is 1. The fourth-order valence-corrected chi connectivity index (χ4v) is 1.92. The molecule has 2 heterocycles. The Morgan fingerprint density at radius 3 is 2.83 bits per heavy atom. The van der Waals surface area contributed by atoms with Crippen LogP contribution >= 0.6 is 0 Å². The van der Waals surface area contributed by atoms with E-state index in [0.717, 1.165) is 18.0 Å². The average Bonchev–Trinajstić information content (AvgIpc) is 2.61. The van der Waals surface area contributed by atoms with Gasteiger partial charge < -0.3 is 9.84 Å². The number of aryl methyl sites for hydroxylation is 2. The van der Waals surface area contributed by atoms with Gasteiger partial charge in [0.15, 0.2) is 0 Å². The molecular weight excluding hydrogens is 152 g/mol. The van der Waals surface area contributed by atoms with Crippen LogP contribution in [0, 0.1) is 13.8 Å². The monoisotopic (exact) mass is 166 g/mol. The third-order valence-electron chi connectivity index (χ3n) is 2.50. The zero-order chi connectivity index (χ0) is 8.55. The van der Waals surface area contributed by atoms with Gasteiger partial charge in [0.25, 0.3) is 0 Å². The Bertz CT molecular complexity index is 255. The maximum absolute atomic E-state index is 5.12. The molecule has 1 aliphatic heterocycles. The third-order valence-corrected chi connectivity index (χ3v) is 2.50. The summed E-state index contributed by atoms with van der Waals surface area (Å²) < 4.78 is 5.12. The van der Waals surface area contributed by atoms with E-state index in [1.165, 1.54) is 18.4 Å². The van der Waals surface area contributed by atoms with E-state index in [1.54, 1.807) is 0 Å². The van der Waals surface area contributed by atoms with E-state index in [1.807, 2.05) is 13.8 Å². The second-order valence-corrected chi connectivity index (χ2v) is 3.39. The highest BCUT2D eigenvalue weighted by atomic mass is 16.5. The summed E-state index contributed by atoms with van der Waals surface area (Å²) in [6, 6.07) is 0.483. The molecule has 1 aromatic heterocycles. The van der Waals surface area contributed by atoms with Crippen LogP contribution in [0.25, 0.3) is 0 Å². The lowest BCUT2D eigenvalue weighted by atomic mass is 10.0. The molecule has 1 fully saturated rings. The lowest BCUT2D eigenvalue weighted by Gasteiger charge is -2.08. The van der Waals surface area contributed by atoms with Gasteiger partial charge in [0, 0.05) is 11.6 Å². The summed E-state index contributed by atoms with van der Waals surface area (Å²) in [5, 5.41) is 7.39. The number of aromatic nitrogens is 1. The van der Waals surface area contributed by atoms with Crippen molar-refractivity contribution < 1.29 is 4.52 Å². The van der Waals surface area contributed by atoms with Crippen molar-refractivity contribution in [2.45, 2.75) is 32.7 Å². The largest absolute Gasteiger partial charge is 0.361 e. The number of hydrogen-bond acceptors (Lipinski definition) is 3. The van der Waals surface area contributed by atoms with Crippen LogP contribution in [-0.4, -0.2) is 11.7 Å². The fraction of sp³-hybridized carbons (Fsp3) is 0.667. The fourth-order valence-electron chi connectivity index (χ4n) is 1.92. The second-order valence-electron chi connectivity index (χ2n) is 3.39. The van der Waals surface area contributed by atoms with Gasteiger partial charge in [-0.05, 0) is 33.2 Å². The molecule has 0 amide bonds. The highest BCUT2D eigenvalue weighted by Gasteiger charge is 2.22. The Kier molecular flexibility index (Phi) is 1.89. The van der Waals surface area contributed by atoms with Crippen LogP contribution < -0.4 is 5.32 Å². The van der Waals surface area contributed by atoms with E-state index in [4.69, 9.17) is 4.52 Å². The van der Waals surface area contributed by atoms with Crippen molar-refractivity contribution in [3.8, 4) is 0 Å². The molecule has 1 N–H and O–H groups in total. The summed E-state index contributed by atoms with van der Waals surface area (Å²) in [5.41, 5.74) is 2.31. The van der Waals surface area contributed by atoms with Crippen LogP contribution in [0.4, 0.5) is 0 Å². The Morgan fingerprint density at radius 2 is 2.33 bits per heavy atom. The number of rotatable bonds is 1. The smallest absolute Gasteiger partial charge is 0.138 e. The van der Waals surface area contributed by atoms with E-state index in [-0.39, 0.29) is 0 Å². The van der Waals surface area contributed by atoms with Crippen LogP contribution in [-0.2, 0) is 0 Å². The van der Waals surface area contributed by atoms with E-state index in [2.05, 4.69) is 10.5 Å². The Hall–Kier alpha value is -0.830. The Labute approximate surface area is 72.1 Å². The van der Waals surface area contributed by atoms with Gasteiger partial charge in [0.1, 0.15) is 5.76 Å². The highest BCUT2D eigenvalue weighted by molar-refractivity contribution is 5.25. The van der Waals surface area contributed by atoms with Gasteiger partial charge in [-0.1, -0.05) is 5.16 Å². The molecule has 66 valence electrons. The number of hydrogen-bond donors (Lipinski definition) is 1. The average molecular weight is 166 g/mol. The Balaban J connectivity index is 2.30. The molecule has 1 aromatic rings. The van der Waals surface area contributed by atoms with Gasteiger partial charge >= 0.3 is 0 Å². The first-order valence-electron chi connectivity index (χ1n) is 4.45. The minimum Gasteiger partial charge on any atom is -0.361 e. The molecule has 1 aliphatic rings. The maximum atomic E-state index is 5.12. The van der Waals surface area contributed by atoms with Gasteiger partial charge in [0.05, 0.1) is 5.69 Å². The molecule has 0 radical (unpaired) electrons. The standard InChI is InChI=1S/C9H14N2O/c1-6-9(7(2)12-11-6)8-4-3-5-10-8/h8,10H,3-5H2,1-2H3/t8-/m1/s1. The first kappa shape index (κ1) is 7.80. The van der Waals surface area contributed by atoms with Crippen LogP contribution in [0.5, 0.6) is 0 Å². The maximum Gasteiger partial charge on any atom is 0.138 e. The van der Waals surface area contributed by atoms with Gasteiger partial charge in [-0.25, -0.2) is 0 Å². The molecule has 0 spiro atoms. The van der Waals surface area contributed by atoms with Crippen molar-refractivity contribution in [2.24, 2.45) is 0 Å². The van der Waals surface area contributed by atoms with Crippen molar-refractivity contribution in [3.63, 3.8) is 0 Å². The van der Waals surface area contributed by atoms with Crippen LogP contribution in [0.1, 0.15) is 35.9 Å². The summed E-state index contributed by atoms with van der Waals surface area (Å²) in [7, 11) is 0. The predicted octanol–water partition coefficient (Wildman–Crippen LogP) is 1.72. The molecular formula is C9H14N2O. The second kappa shape index (κ2) is 2.90.